The molecular weight excluding hydrogens is 220 g/mol. The van der Waals surface area contributed by atoms with Crippen molar-refractivity contribution in [2.75, 3.05) is 0 Å². The number of amides is 1. The Kier molecular flexibility index (Phi) is 3.38. The molecule has 1 unspecified atom stereocenters. The number of carbonyl (C=O) groups is 2. The Morgan fingerprint density at radius 1 is 1.41 bits per heavy atom. The maximum Gasteiger partial charge on any atom is 0.305 e. The summed E-state index contributed by atoms with van der Waals surface area (Å²) >= 11 is 0. The summed E-state index contributed by atoms with van der Waals surface area (Å²) in [6, 6.07) is -0.478. The lowest BCUT2D eigenvalue weighted by Crippen LogP contribution is -2.58. The topological polar surface area (TPSA) is 92.4 Å². The van der Waals surface area contributed by atoms with E-state index in [1.807, 2.05) is 0 Å². The van der Waals surface area contributed by atoms with Gasteiger partial charge in [-0.1, -0.05) is 12.8 Å². The number of rotatable bonds is 6. The molecule has 1 atom stereocenters. The van der Waals surface area contributed by atoms with Gasteiger partial charge in [-0.25, -0.2) is 0 Å². The summed E-state index contributed by atoms with van der Waals surface area (Å²) in [5, 5.41) is 11.7. The lowest BCUT2D eigenvalue weighted by atomic mass is 9.74. The Morgan fingerprint density at radius 2 is 2.06 bits per heavy atom. The van der Waals surface area contributed by atoms with E-state index in [0.29, 0.717) is 5.92 Å². The third kappa shape index (κ3) is 3.19. The Labute approximate surface area is 101 Å². The fraction of sp³-hybridized carbons (Fsp3) is 0.833. The van der Waals surface area contributed by atoms with Crippen molar-refractivity contribution in [1.82, 2.24) is 5.32 Å². The van der Waals surface area contributed by atoms with Crippen molar-refractivity contribution < 1.29 is 14.7 Å². The van der Waals surface area contributed by atoms with Gasteiger partial charge < -0.3 is 16.2 Å². The first kappa shape index (κ1) is 12.4. The number of hydrogen-bond acceptors (Lipinski definition) is 3. The van der Waals surface area contributed by atoms with Crippen molar-refractivity contribution >= 4 is 11.9 Å². The molecule has 0 spiro atoms. The van der Waals surface area contributed by atoms with Gasteiger partial charge in [0.15, 0.2) is 0 Å². The monoisotopic (exact) mass is 240 g/mol. The molecule has 17 heavy (non-hydrogen) atoms. The SMILES string of the molecule is NC(CC1CC1)C(=O)NC1(CC(=O)O)CCC1. The van der Waals surface area contributed by atoms with E-state index in [2.05, 4.69) is 5.32 Å². The molecule has 2 fully saturated rings. The average molecular weight is 240 g/mol. The van der Waals surface area contributed by atoms with E-state index in [1.54, 1.807) is 0 Å². The van der Waals surface area contributed by atoms with Crippen LogP contribution in [0.15, 0.2) is 0 Å². The van der Waals surface area contributed by atoms with Crippen molar-refractivity contribution in [2.45, 2.75) is 56.5 Å². The molecule has 2 saturated carbocycles. The van der Waals surface area contributed by atoms with E-state index in [4.69, 9.17) is 10.8 Å². The highest BCUT2D eigenvalue weighted by Crippen LogP contribution is 2.36. The molecule has 5 heteroatoms. The van der Waals surface area contributed by atoms with E-state index in [9.17, 15) is 9.59 Å². The first-order valence-corrected chi connectivity index (χ1v) is 6.30. The van der Waals surface area contributed by atoms with Gasteiger partial charge in [-0.05, 0) is 31.6 Å². The Balaban J connectivity index is 1.84. The molecule has 0 aromatic rings. The second-order valence-corrected chi connectivity index (χ2v) is 5.48. The van der Waals surface area contributed by atoms with Crippen molar-refractivity contribution in [1.29, 1.82) is 0 Å². The van der Waals surface area contributed by atoms with Gasteiger partial charge in [-0.15, -0.1) is 0 Å². The van der Waals surface area contributed by atoms with Gasteiger partial charge in [0, 0.05) is 0 Å². The zero-order valence-corrected chi connectivity index (χ0v) is 9.95. The van der Waals surface area contributed by atoms with Crippen LogP contribution in [0.1, 0.15) is 44.9 Å². The molecule has 1 amide bonds. The van der Waals surface area contributed by atoms with Gasteiger partial charge in [0.2, 0.25) is 5.91 Å². The summed E-state index contributed by atoms with van der Waals surface area (Å²) < 4.78 is 0. The summed E-state index contributed by atoms with van der Waals surface area (Å²) in [6.07, 6.45) is 5.56. The molecule has 0 aromatic carbocycles. The fourth-order valence-electron chi connectivity index (χ4n) is 2.41. The highest BCUT2D eigenvalue weighted by Gasteiger charge is 2.41. The number of hydrogen-bond donors (Lipinski definition) is 3. The Morgan fingerprint density at radius 3 is 2.47 bits per heavy atom. The summed E-state index contributed by atoms with van der Waals surface area (Å²) in [5.74, 6) is -0.439. The van der Waals surface area contributed by atoms with Crippen LogP contribution >= 0.6 is 0 Å². The van der Waals surface area contributed by atoms with Crippen molar-refractivity contribution in [2.24, 2.45) is 11.7 Å². The van der Waals surface area contributed by atoms with Gasteiger partial charge in [0.1, 0.15) is 0 Å². The molecule has 4 N–H and O–H groups in total. The van der Waals surface area contributed by atoms with E-state index < -0.39 is 17.6 Å². The Bertz CT molecular complexity index is 322. The van der Waals surface area contributed by atoms with Crippen molar-refractivity contribution in [3.05, 3.63) is 0 Å². The quantitative estimate of drug-likeness (QED) is 0.635. The van der Waals surface area contributed by atoms with Crippen LogP contribution < -0.4 is 11.1 Å². The first-order valence-electron chi connectivity index (χ1n) is 6.30. The maximum atomic E-state index is 11.9. The van der Waals surface area contributed by atoms with Crippen molar-refractivity contribution in [3.63, 3.8) is 0 Å². The molecule has 0 heterocycles. The minimum atomic E-state index is -0.860. The summed E-state index contributed by atoms with van der Waals surface area (Å²) in [5.41, 5.74) is 5.29. The van der Waals surface area contributed by atoms with Gasteiger partial charge in [-0.3, -0.25) is 9.59 Å². The molecule has 0 aliphatic heterocycles. The number of carboxylic acids is 1. The molecule has 0 saturated heterocycles. The van der Waals surface area contributed by atoms with Gasteiger partial charge in [0.25, 0.3) is 0 Å². The highest BCUT2D eigenvalue weighted by molar-refractivity contribution is 5.83. The second kappa shape index (κ2) is 4.64. The lowest BCUT2D eigenvalue weighted by molar-refractivity contribution is -0.140. The van der Waals surface area contributed by atoms with Crippen molar-refractivity contribution in [3.8, 4) is 0 Å². The largest absolute Gasteiger partial charge is 0.481 e. The minimum absolute atomic E-state index is 0.00882. The van der Waals surface area contributed by atoms with E-state index >= 15 is 0 Å². The van der Waals surface area contributed by atoms with Crippen LogP contribution in [0.25, 0.3) is 0 Å². The first-order chi connectivity index (χ1) is 8.01. The molecule has 96 valence electrons. The zero-order chi connectivity index (χ0) is 12.5. The van der Waals surface area contributed by atoms with E-state index in [0.717, 1.165) is 25.7 Å². The number of carboxylic acid groups (broad SMARTS) is 1. The van der Waals surface area contributed by atoms with E-state index in [-0.39, 0.29) is 12.3 Å². The molecule has 2 rings (SSSR count). The summed E-state index contributed by atoms with van der Waals surface area (Å²) in [7, 11) is 0. The Hall–Kier alpha value is -1.10. The van der Waals surface area contributed by atoms with Crippen LogP contribution in [0.3, 0.4) is 0 Å². The van der Waals surface area contributed by atoms with Crippen LogP contribution in [0.5, 0.6) is 0 Å². The molecule has 0 radical (unpaired) electrons. The van der Waals surface area contributed by atoms with Gasteiger partial charge in [-0.2, -0.15) is 0 Å². The van der Waals surface area contributed by atoms with Gasteiger partial charge in [0.05, 0.1) is 18.0 Å². The zero-order valence-electron chi connectivity index (χ0n) is 9.95. The average Bonchev–Trinajstić information content (AvgIpc) is 2.97. The van der Waals surface area contributed by atoms with Crippen LogP contribution in [0.4, 0.5) is 0 Å². The van der Waals surface area contributed by atoms with E-state index in [1.165, 1.54) is 12.8 Å². The third-order valence-electron chi connectivity index (χ3n) is 3.81. The van der Waals surface area contributed by atoms with Crippen LogP contribution in [0.2, 0.25) is 0 Å². The third-order valence-corrected chi connectivity index (χ3v) is 3.81. The lowest BCUT2D eigenvalue weighted by Gasteiger charge is -2.42. The maximum absolute atomic E-state index is 11.9. The van der Waals surface area contributed by atoms with Crippen LogP contribution in [-0.2, 0) is 9.59 Å². The smallest absolute Gasteiger partial charge is 0.305 e. The minimum Gasteiger partial charge on any atom is -0.481 e. The molecule has 5 nitrogen and oxygen atoms in total. The molecular formula is C12H20N2O3. The number of nitrogens with two attached hydrogens (primary N) is 1. The van der Waals surface area contributed by atoms with Crippen LogP contribution in [0, 0.1) is 5.92 Å². The highest BCUT2D eigenvalue weighted by atomic mass is 16.4. The summed E-state index contributed by atoms with van der Waals surface area (Å²) in [4.78, 5) is 22.6. The number of aliphatic carboxylic acids is 1. The molecule has 2 aliphatic carbocycles. The molecule has 0 bridgehead atoms. The fourth-order valence-corrected chi connectivity index (χ4v) is 2.41. The predicted octanol–water partition coefficient (Wildman–Crippen LogP) is 0.627. The predicted molar refractivity (Wildman–Crippen MR) is 62.3 cm³/mol. The standard InChI is InChI=1S/C12H20N2O3/c13-9(6-8-2-3-8)11(17)14-12(4-1-5-12)7-10(15)16/h8-9H,1-7,13H2,(H,14,17)(H,15,16). The van der Waals surface area contributed by atoms with Gasteiger partial charge >= 0.3 is 5.97 Å². The second-order valence-electron chi connectivity index (χ2n) is 5.48. The molecule has 0 aromatic heterocycles. The van der Waals surface area contributed by atoms with Crippen LogP contribution in [-0.4, -0.2) is 28.6 Å². The number of nitrogens with one attached hydrogen (secondary N) is 1. The normalized spacial score (nSPS) is 23.6. The summed E-state index contributed by atoms with van der Waals surface area (Å²) in [6.45, 7) is 0. The number of carbonyl (C=O) groups excluding carboxylic acids is 1. The molecule has 2 aliphatic rings.